The number of rotatable bonds is 1. The molecule has 0 spiro atoms. The van der Waals surface area contributed by atoms with Gasteiger partial charge in [0.05, 0.1) is 0 Å². The quantitative estimate of drug-likeness (QED) is 0.775. The standard InChI is InChI=1S/C10H10F3N3S/c11-10(12,13)8-2-9(15-5-14-8)16-3-7-1-6(16)4-17-7/h2,5-7H,1,3-4H2. The van der Waals surface area contributed by atoms with E-state index in [-0.39, 0.29) is 0 Å². The summed E-state index contributed by atoms with van der Waals surface area (Å²) in [6.07, 6.45) is -2.35. The van der Waals surface area contributed by atoms with Gasteiger partial charge in [-0.2, -0.15) is 24.9 Å². The van der Waals surface area contributed by atoms with Crippen LogP contribution in [0.5, 0.6) is 0 Å². The largest absolute Gasteiger partial charge is 0.433 e. The Bertz CT molecular complexity index is 437. The molecule has 2 aliphatic rings. The van der Waals surface area contributed by atoms with Gasteiger partial charge in [-0.1, -0.05) is 0 Å². The van der Waals surface area contributed by atoms with E-state index in [0.29, 0.717) is 17.1 Å². The van der Waals surface area contributed by atoms with Gasteiger partial charge >= 0.3 is 6.18 Å². The zero-order chi connectivity index (χ0) is 12.0. The van der Waals surface area contributed by atoms with E-state index in [1.807, 2.05) is 16.7 Å². The molecule has 0 radical (unpaired) electrons. The van der Waals surface area contributed by atoms with Crippen LogP contribution in [0.3, 0.4) is 0 Å². The molecule has 3 rings (SSSR count). The number of fused-ring (bicyclic) bond motifs is 2. The smallest absolute Gasteiger partial charge is 0.352 e. The summed E-state index contributed by atoms with van der Waals surface area (Å²) in [4.78, 5) is 9.21. The number of nitrogens with zero attached hydrogens (tertiary/aromatic N) is 3. The summed E-state index contributed by atoms with van der Waals surface area (Å²) >= 11 is 1.89. The van der Waals surface area contributed by atoms with Gasteiger partial charge in [-0.15, -0.1) is 0 Å². The first-order valence-corrected chi connectivity index (χ1v) is 6.36. The lowest BCUT2D eigenvalue weighted by Crippen LogP contribution is -2.34. The van der Waals surface area contributed by atoms with Crippen LogP contribution in [-0.4, -0.2) is 33.6 Å². The minimum atomic E-state index is -4.40. The molecule has 2 atom stereocenters. The van der Waals surface area contributed by atoms with Gasteiger partial charge in [0, 0.05) is 29.7 Å². The maximum Gasteiger partial charge on any atom is 0.433 e. The van der Waals surface area contributed by atoms with Crippen LogP contribution < -0.4 is 4.90 Å². The van der Waals surface area contributed by atoms with Crippen LogP contribution in [0.1, 0.15) is 12.1 Å². The van der Waals surface area contributed by atoms with Crippen molar-refractivity contribution >= 4 is 17.6 Å². The average molecular weight is 261 g/mol. The Hall–Kier alpha value is -0.980. The summed E-state index contributed by atoms with van der Waals surface area (Å²) < 4.78 is 37.6. The van der Waals surface area contributed by atoms with Crippen molar-refractivity contribution in [3.63, 3.8) is 0 Å². The van der Waals surface area contributed by atoms with E-state index in [1.54, 1.807) is 0 Å². The molecule has 17 heavy (non-hydrogen) atoms. The molecule has 0 aliphatic carbocycles. The molecule has 2 aliphatic heterocycles. The van der Waals surface area contributed by atoms with Crippen molar-refractivity contribution < 1.29 is 13.2 Å². The monoisotopic (exact) mass is 261 g/mol. The number of aromatic nitrogens is 2. The van der Waals surface area contributed by atoms with Crippen molar-refractivity contribution in [3.8, 4) is 0 Å². The van der Waals surface area contributed by atoms with Gasteiger partial charge in [0.2, 0.25) is 0 Å². The molecule has 2 fully saturated rings. The van der Waals surface area contributed by atoms with Crippen LogP contribution in [0.15, 0.2) is 12.4 Å². The molecule has 2 unspecified atom stereocenters. The fourth-order valence-electron chi connectivity index (χ4n) is 2.34. The third kappa shape index (κ3) is 1.96. The predicted octanol–water partition coefficient (Wildman–Crippen LogP) is 2.19. The van der Waals surface area contributed by atoms with Crippen LogP contribution in [-0.2, 0) is 6.18 Å². The van der Waals surface area contributed by atoms with E-state index in [9.17, 15) is 13.2 Å². The Morgan fingerprint density at radius 3 is 2.76 bits per heavy atom. The van der Waals surface area contributed by atoms with Crippen molar-refractivity contribution in [2.75, 3.05) is 17.2 Å². The number of alkyl halides is 3. The molecule has 0 saturated carbocycles. The number of thioether (sulfide) groups is 1. The molecule has 7 heteroatoms. The van der Waals surface area contributed by atoms with E-state index in [0.717, 1.165) is 31.1 Å². The lowest BCUT2D eigenvalue weighted by molar-refractivity contribution is -0.141. The van der Waals surface area contributed by atoms with Crippen molar-refractivity contribution in [3.05, 3.63) is 18.1 Å². The minimum Gasteiger partial charge on any atom is -0.352 e. The maximum absolute atomic E-state index is 12.5. The highest BCUT2D eigenvalue weighted by Crippen LogP contribution is 2.40. The third-order valence-electron chi connectivity index (χ3n) is 3.14. The first-order valence-electron chi connectivity index (χ1n) is 5.31. The molecule has 3 nitrogen and oxygen atoms in total. The van der Waals surface area contributed by atoms with Crippen LogP contribution in [0, 0.1) is 0 Å². The van der Waals surface area contributed by atoms with E-state index in [2.05, 4.69) is 9.97 Å². The van der Waals surface area contributed by atoms with E-state index in [4.69, 9.17) is 0 Å². The Balaban J connectivity index is 1.89. The molecule has 0 amide bonds. The zero-order valence-electron chi connectivity index (χ0n) is 8.81. The van der Waals surface area contributed by atoms with Crippen LogP contribution in [0.25, 0.3) is 0 Å². The topological polar surface area (TPSA) is 29.0 Å². The second kappa shape index (κ2) is 3.76. The summed E-state index contributed by atoms with van der Waals surface area (Å²) in [6, 6.07) is 1.38. The highest BCUT2D eigenvalue weighted by atomic mass is 32.2. The van der Waals surface area contributed by atoms with Gasteiger partial charge < -0.3 is 4.90 Å². The number of hydrogen-bond acceptors (Lipinski definition) is 4. The van der Waals surface area contributed by atoms with Crippen LogP contribution in [0.4, 0.5) is 19.0 Å². The molecule has 1 aromatic heterocycles. The fourth-order valence-corrected chi connectivity index (χ4v) is 3.77. The molecule has 2 bridgehead atoms. The van der Waals surface area contributed by atoms with Crippen molar-refractivity contribution in [1.82, 2.24) is 9.97 Å². The minimum absolute atomic E-state index is 0.334. The molecular formula is C10H10F3N3S. The molecule has 0 N–H and O–H groups in total. The van der Waals surface area contributed by atoms with E-state index < -0.39 is 11.9 Å². The average Bonchev–Trinajstić information content (AvgIpc) is 2.89. The molecular weight excluding hydrogens is 251 g/mol. The maximum atomic E-state index is 12.5. The van der Waals surface area contributed by atoms with Gasteiger partial charge in [-0.05, 0) is 6.42 Å². The Labute approximate surface area is 100 Å². The zero-order valence-corrected chi connectivity index (χ0v) is 9.63. The van der Waals surface area contributed by atoms with Crippen molar-refractivity contribution in [2.24, 2.45) is 0 Å². The van der Waals surface area contributed by atoms with Crippen LogP contribution in [0.2, 0.25) is 0 Å². The Kier molecular flexibility index (Phi) is 2.46. The first kappa shape index (κ1) is 11.1. The van der Waals surface area contributed by atoms with Gasteiger partial charge in [0.25, 0.3) is 0 Å². The third-order valence-corrected chi connectivity index (χ3v) is 4.53. The molecule has 0 aromatic carbocycles. The lowest BCUT2D eigenvalue weighted by atomic mass is 10.2. The summed E-state index contributed by atoms with van der Waals surface area (Å²) in [7, 11) is 0. The molecule has 2 saturated heterocycles. The fraction of sp³-hybridized carbons (Fsp3) is 0.600. The molecule has 3 heterocycles. The first-order chi connectivity index (χ1) is 8.04. The summed E-state index contributed by atoms with van der Waals surface area (Å²) in [5, 5.41) is 0.546. The van der Waals surface area contributed by atoms with Gasteiger partial charge in [-0.25, -0.2) is 9.97 Å². The number of anilines is 1. The number of halogens is 3. The van der Waals surface area contributed by atoms with Crippen molar-refractivity contribution in [2.45, 2.75) is 23.9 Å². The van der Waals surface area contributed by atoms with E-state index in [1.165, 1.54) is 0 Å². The number of hydrogen-bond donors (Lipinski definition) is 0. The highest BCUT2D eigenvalue weighted by molar-refractivity contribution is 8.00. The lowest BCUT2D eigenvalue weighted by Gasteiger charge is -2.27. The van der Waals surface area contributed by atoms with Gasteiger partial charge in [-0.3, -0.25) is 0 Å². The highest BCUT2D eigenvalue weighted by Gasteiger charge is 2.40. The normalized spacial score (nSPS) is 27.8. The van der Waals surface area contributed by atoms with E-state index >= 15 is 0 Å². The second-order valence-corrected chi connectivity index (χ2v) is 5.59. The summed E-state index contributed by atoms with van der Waals surface area (Å²) in [5.74, 6) is 1.39. The van der Waals surface area contributed by atoms with Crippen LogP contribution >= 0.6 is 11.8 Å². The molecule has 92 valence electrons. The Morgan fingerprint density at radius 1 is 1.35 bits per heavy atom. The summed E-state index contributed by atoms with van der Waals surface area (Å²) in [6.45, 7) is 0.795. The second-order valence-electron chi connectivity index (χ2n) is 4.26. The predicted molar refractivity (Wildman–Crippen MR) is 59.0 cm³/mol. The SMILES string of the molecule is FC(F)(F)c1cc(N2CC3CC2CS3)ncn1. The van der Waals surface area contributed by atoms with Crippen molar-refractivity contribution in [1.29, 1.82) is 0 Å². The summed E-state index contributed by atoms with van der Waals surface area (Å²) in [5.41, 5.74) is -0.863. The van der Waals surface area contributed by atoms with Gasteiger partial charge in [0.15, 0.2) is 0 Å². The Morgan fingerprint density at radius 2 is 2.18 bits per heavy atom. The molecule has 1 aromatic rings. The van der Waals surface area contributed by atoms with Gasteiger partial charge in [0.1, 0.15) is 17.8 Å².